The lowest BCUT2D eigenvalue weighted by Gasteiger charge is -2.28. The molecule has 2 fully saturated rings. The Morgan fingerprint density at radius 2 is 1.78 bits per heavy atom. The van der Waals surface area contributed by atoms with Crippen molar-refractivity contribution in [2.24, 2.45) is 5.92 Å². The van der Waals surface area contributed by atoms with Gasteiger partial charge in [-0.2, -0.15) is 0 Å². The Bertz CT molecular complexity index is 1110. The van der Waals surface area contributed by atoms with Crippen molar-refractivity contribution in [3.05, 3.63) is 33.9 Å². The summed E-state index contributed by atoms with van der Waals surface area (Å²) in [4.78, 5) is 26.2. The number of Topliss-reactive ketones (excluding diaryl/α,β-unsaturated/α-hetero) is 1. The van der Waals surface area contributed by atoms with E-state index < -0.39 is 0 Å². The molecule has 5 rings (SSSR count). The third-order valence-electron chi connectivity index (χ3n) is 6.94. The molecule has 1 unspecified atom stereocenters. The molecule has 0 radical (unpaired) electrons. The Morgan fingerprint density at radius 1 is 1.03 bits per heavy atom. The number of nitrogens with one attached hydrogen (secondary N) is 1. The van der Waals surface area contributed by atoms with Gasteiger partial charge in [-0.05, 0) is 43.4 Å². The second-order valence-electron chi connectivity index (χ2n) is 9.08. The van der Waals surface area contributed by atoms with Crippen molar-refractivity contribution in [1.82, 2.24) is 15.1 Å². The molecule has 1 amide bonds. The van der Waals surface area contributed by atoms with Crippen molar-refractivity contribution in [3.63, 3.8) is 0 Å². The minimum atomic E-state index is -0.153. The van der Waals surface area contributed by atoms with E-state index in [0.29, 0.717) is 54.9 Å². The summed E-state index contributed by atoms with van der Waals surface area (Å²) in [5, 5.41) is 15.4. The van der Waals surface area contributed by atoms with E-state index in [1.807, 2.05) is 23.1 Å². The summed E-state index contributed by atoms with van der Waals surface area (Å²) in [5.41, 5.74) is 1.85. The summed E-state index contributed by atoms with van der Waals surface area (Å²) in [6.45, 7) is 1.13. The van der Waals surface area contributed by atoms with Gasteiger partial charge in [0.15, 0.2) is 5.82 Å². The molecule has 0 spiro atoms. The predicted molar refractivity (Wildman–Crippen MR) is 127 cm³/mol. The molecule has 1 aromatic carbocycles. The first-order chi connectivity index (χ1) is 15.5. The fourth-order valence-electron chi connectivity index (χ4n) is 5.12. The van der Waals surface area contributed by atoms with Gasteiger partial charge in [0.05, 0.1) is 15.7 Å². The SMILES string of the molecule is O=C1CCC(C(=O)N2CC=C(c3nnc(NC4CCCC4)c4cc(Cl)c(Cl)cc34)CC2)C1. The largest absolute Gasteiger partial charge is 0.365 e. The average molecular weight is 473 g/mol. The van der Waals surface area contributed by atoms with Crippen LogP contribution in [0.5, 0.6) is 0 Å². The van der Waals surface area contributed by atoms with E-state index >= 15 is 0 Å². The third-order valence-corrected chi connectivity index (χ3v) is 7.66. The van der Waals surface area contributed by atoms with E-state index in [0.717, 1.165) is 40.7 Å². The zero-order chi connectivity index (χ0) is 22.2. The second kappa shape index (κ2) is 8.99. The highest BCUT2D eigenvalue weighted by atomic mass is 35.5. The number of carbonyl (C=O) groups is 2. The molecule has 2 aliphatic carbocycles. The van der Waals surface area contributed by atoms with E-state index in [1.165, 1.54) is 12.8 Å². The first kappa shape index (κ1) is 21.7. The van der Waals surface area contributed by atoms with Gasteiger partial charge in [0, 0.05) is 48.7 Å². The van der Waals surface area contributed by atoms with Gasteiger partial charge in [0.2, 0.25) is 5.91 Å². The summed E-state index contributed by atoms with van der Waals surface area (Å²) in [5.74, 6) is 0.876. The molecule has 2 heterocycles. The maximum atomic E-state index is 12.8. The Morgan fingerprint density at radius 3 is 2.44 bits per heavy atom. The first-order valence-electron chi connectivity index (χ1n) is 11.4. The fourth-order valence-corrected chi connectivity index (χ4v) is 5.45. The molecular weight excluding hydrogens is 447 g/mol. The molecular formula is C24H26Cl2N4O2. The van der Waals surface area contributed by atoms with Gasteiger partial charge in [-0.3, -0.25) is 9.59 Å². The van der Waals surface area contributed by atoms with Gasteiger partial charge < -0.3 is 10.2 Å². The third kappa shape index (κ3) is 4.23. The van der Waals surface area contributed by atoms with Gasteiger partial charge in [-0.15, -0.1) is 10.2 Å². The Kier molecular flexibility index (Phi) is 6.08. The maximum absolute atomic E-state index is 12.8. The number of fused-ring (bicyclic) bond motifs is 1. The predicted octanol–water partition coefficient (Wildman–Crippen LogP) is 5.28. The number of ketones is 1. The topological polar surface area (TPSA) is 75.2 Å². The molecule has 1 N–H and O–H groups in total. The number of hydrogen-bond acceptors (Lipinski definition) is 5. The minimum Gasteiger partial charge on any atom is -0.365 e. The number of amides is 1. The summed E-state index contributed by atoms with van der Waals surface area (Å²) in [6, 6.07) is 4.14. The van der Waals surface area contributed by atoms with Crippen LogP contribution in [-0.4, -0.2) is 45.9 Å². The number of anilines is 1. The van der Waals surface area contributed by atoms with Crippen LogP contribution in [-0.2, 0) is 9.59 Å². The van der Waals surface area contributed by atoms with Crippen LogP contribution in [0.2, 0.25) is 10.0 Å². The highest BCUT2D eigenvalue weighted by Crippen LogP contribution is 2.37. The van der Waals surface area contributed by atoms with Crippen LogP contribution < -0.4 is 5.32 Å². The van der Waals surface area contributed by atoms with Crippen LogP contribution in [0.1, 0.15) is 57.1 Å². The minimum absolute atomic E-state index is 0.0908. The van der Waals surface area contributed by atoms with Gasteiger partial charge in [0.25, 0.3) is 0 Å². The molecule has 8 heteroatoms. The monoisotopic (exact) mass is 472 g/mol. The van der Waals surface area contributed by atoms with Crippen molar-refractivity contribution < 1.29 is 9.59 Å². The van der Waals surface area contributed by atoms with Crippen molar-refractivity contribution >= 4 is 57.1 Å². The van der Waals surface area contributed by atoms with E-state index in [4.69, 9.17) is 23.2 Å². The average Bonchev–Trinajstić information content (AvgIpc) is 3.46. The van der Waals surface area contributed by atoms with Crippen molar-refractivity contribution in [3.8, 4) is 0 Å². The van der Waals surface area contributed by atoms with Crippen molar-refractivity contribution in [2.75, 3.05) is 18.4 Å². The van der Waals surface area contributed by atoms with Crippen LogP contribution in [0.25, 0.3) is 16.3 Å². The van der Waals surface area contributed by atoms with Crippen LogP contribution in [0.3, 0.4) is 0 Å². The molecule has 1 aliphatic heterocycles. The molecule has 1 aromatic heterocycles. The smallest absolute Gasteiger partial charge is 0.226 e. The lowest BCUT2D eigenvalue weighted by molar-refractivity contribution is -0.135. The maximum Gasteiger partial charge on any atom is 0.226 e. The summed E-state index contributed by atoms with van der Waals surface area (Å²) in [7, 11) is 0. The van der Waals surface area contributed by atoms with E-state index in [9.17, 15) is 9.59 Å². The molecule has 0 bridgehead atoms. The van der Waals surface area contributed by atoms with Gasteiger partial charge >= 0.3 is 0 Å². The van der Waals surface area contributed by atoms with Crippen LogP contribution in [0.15, 0.2) is 18.2 Å². The first-order valence-corrected chi connectivity index (χ1v) is 12.2. The Labute approximate surface area is 197 Å². The van der Waals surface area contributed by atoms with Crippen LogP contribution >= 0.6 is 23.2 Å². The van der Waals surface area contributed by atoms with Gasteiger partial charge in [-0.25, -0.2) is 0 Å². The second-order valence-corrected chi connectivity index (χ2v) is 9.89. The molecule has 32 heavy (non-hydrogen) atoms. The Hall–Kier alpha value is -2.18. The van der Waals surface area contributed by atoms with Gasteiger partial charge in [0.1, 0.15) is 5.78 Å². The Balaban J connectivity index is 1.42. The fraction of sp³-hybridized carbons (Fsp3) is 0.500. The van der Waals surface area contributed by atoms with E-state index in [2.05, 4.69) is 15.5 Å². The molecule has 2 saturated carbocycles. The number of rotatable bonds is 4. The summed E-state index contributed by atoms with van der Waals surface area (Å²) in [6.07, 6.45) is 9.04. The molecule has 6 nitrogen and oxygen atoms in total. The molecule has 1 atom stereocenters. The normalized spacial score (nSPS) is 21.9. The lowest BCUT2D eigenvalue weighted by Crippen LogP contribution is -2.38. The lowest BCUT2D eigenvalue weighted by atomic mass is 9.98. The molecule has 3 aliphatic rings. The number of carbonyl (C=O) groups excluding carboxylic acids is 2. The zero-order valence-electron chi connectivity index (χ0n) is 17.9. The van der Waals surface area contributed by atoms with Crippen molar-refractivity contribution in [1.29, 1.82) is 0 Å². The van der Waals surface area contributed by atoms with Crippen LogP contribution in [0.4, 0.5) is 5.82 Å². The van der Waals surface area contributed by atoms with E-state index in [-0.39, 0.29) is 17.6 Å². The van der Waals surface area contributed by atoms with Gasteiger partial charge in [-0.1, -0.05) is 42.1 Å². The van der Waals surface area contributed by atoms with Crippen molar-refractivity contribution in [2.45, 2.75) is 57.4 Å². The highest BCUT2D eigenvalue weighted by molar-refractivity contribution is 6.43. The van der Waals surface area contributed by atoms with E-state index in [1.54, 1.807) is 0 Å². The molecule has 0 saturated heterocycles. The quantitative estimate of drug-likeness (QED) is 0.655. The molecule has 2 aromatic rings. The number of aromatic nitrogens is 2. The zero-order valence-corrected chi connectivity index (χ0v) is 19.4. The molecule has 168 valence electrons. The highest BCUT2D eigenvalue weighted by Gasteiger charge is 2.32. The number of nitrogens with zero attached hydrogens (tertiary/aromatic N) is 3. The summed E-state index contributed by atoms with van der Waals surface area (Å²) >= 11 is 12.7. The standard InChI is InChI=1S/C24H26Cl2N4O2/c25-20-12-18-19(13-21(20)26)23(27-16-3-1-2-4-16)29-28-22(18)14-7-9-30(10-8-14)24(32)15-5-6-17(31)11-15/h7,12-13,15-16H,1-6,8-11H2,(H,27,29). The van der Waals surface area contributed by atoms with Crippen LogP contribution in [0, 0.1) is 5.92 Å². The number of hydrogen-bond donors (Lipinski definition) is 1. The summed E-state index contributed by atoms with van der Waals surface area (Å²) < 4.78 is 0. The number of benzene rings is 1. The number of halogens is 2.